The minimum absolute atomic E-state index is 0. The highest BCUT2D eigenvalue weighted by Crippen LogP contribution is 2.37. The number of likely N-dealkylation sites (tertiary alicyclic amines) is 1. The fraction of sp³-hybridized carbons (Fsp3) is 0.562. The Hall–Kier alpha value is -1.11. The Kier molecular flexibility index (Phi) is 5.38. The summed E-state index contributed by atoms with van der Waals surface area (Å²) in [6.07, 6.45) is 2.09. The number of sulfone groups is 1. The largest absolute Gasteiger partial charge is 0.338 e. The molecule has 3 atom stereocenters. The van der Waals surface area contributed by atoms with Crippen molar-refractivity contribution in [3.05, 3.63) is 29.8 Å². The van der Waals surface area contributed by atoms with Gasteiger partial charge in [0.2, 0.25) is 0 Å². The van der Waals surface area contributed by atoms with Crippen LogP contribution < -0.4 is 5.73 Å². The lowest BCUT2D eigenvalue weighted by atomic mass is 9.98. The molecule has 2 aliphatic rings. The summed E-state index contributed by atoms with van der Waals surface area (Å²) >= 11 is 0. The third kappa shape index (κ3) is 3.25. The van der Waals surface area contributed by atoms with Gasteiger partial charge in [-0.05, 0) is 36.8 Å². The molecule has 3 unspecified atom stereocenters. The van der Waals surface area contributed by atoms with Gasteiger partial charge in [0, 0.05) is 19.1 Å². The van der Waals surface area contributed by atoms with Gasteiger partial charge in [0.15, 0.2) is 9.84 Å². The average Bonchev–Trinajstić information content (AvgIpc) is 3.09. The van der Waals surface area contributed by atoms with Crippen molar-refractivity contribution in [3.8, 4) is 0 Å². The van der Waals surface area contributed by atoms with Crippen LogP contribution in [0.4, 0.5) is 0 Å². The Labute approximate surface area is 143 Å². The zero-order chi connectivity index (χ0) is 15.9. The van der Waals surface area contributed by atoms with Gasteiger partial charge in [-0.25, -0.2) is 8.42 Å². The van der Waals surface area contributed by atoms with E-state index in [-0.39, 0.29) is 40.6 Å². The lowest BCUT2D eigenvalue weighted by molar-refractivity contribution is 0.0776. The summed E-state index contributed by atoms with van der Waals surface area (Å²) in [6.45, 7) is 2.93. The van der Waals surface area contributed by atoms with Crippen molar-refractivity contribution in [3.63, 3.8) is 0 Å². The molecule has 1 aromatic rings. The monoisotopic (exact) mass is 358 g/mol. The molecule has 1 heterocycles. The quantitative estimate of drug-likeness (QED) is 0.891. The second kappa shape index (κ2) is 6.79. The molecule has 1 aliphatic heterocycles. The molecule has 0 aromatic heterocycles. The van der Waals surface area contributed by atoms with Crippen molar-refractivity contribution >= 4 is 28.2 Å². The van der Waals surface area contributed by atoms with Gasteiger partial charge in [-0.2, -0.15) is 0 Å². The third-order valence-corrected chi connectivity index (χ3v) is 6.82. The van der Waals surface area contributed by atoms with Crippen LogP contribution in [0.15, 0.2) is 29.2 Å². The number of benzene rings is 1. The molecule has 0 bridgehead atoms. The number of nitrogens with two attached hydrogens (primary N) is 1. The Morgan fingerprint density at radius 3 is 2.61 bits per heavy atom. The smallest absolute Gasteiger partial charge is 0.255 e. The van der Waals surface area contributed by atoms with Gasteiger partial charge in [0.25, 0.3) is 5.91 Å². The maximum absolute atomic E-state index is 12.8. The number of hydrogen-bond acceptors (Lipinski definition) is 4. The van der Waals surface area contributed by atoms with E-state index in [2.05, 4.69) is 0 Å². The number of fused-ring (bicyclic) bond motifs is 1. The van der Waals surface area contributed by atoms with Gasteiger partial charge in [-0.1, -0.05) is 19.1 Å². The van der Waals surface area contributed by atoms with Crippen LogP contribution in [-0.4, -0.2) is 44.1 Å². The van der Waals surface area contributed by atoms with Crippen molar-refractivity contribution in [2.24, 2.45) is 17.6 Å². The first-order valence-electron chi connectivity index (χ1n) is 7.80. The van der Waals surface area contributed by atoms with E-state index < -0.39 is 9.84 Å². The van der Waals surface area contributed by atoms with Crippen molar-refractivity contribution in [2.75, 3.05) is 18.8 Å². The van der Waals surface area contributed by atoms with E-state index in [1.54, 1.807) is 30.0 Å². The van der Waals surface area contributed by atoms with Gasteiger partial charge in [0.05, 0.1) is 16.2 Å². The summed E-state index contributed by atoms with van der Waals surface area (Å²) in [5.41, 5.74) is 6.40. The number of nitrogens with zero attached hydrogens (tertiary/aromatic N) is 1. The van der Waals surface area contributed by atoms with Gasteiger partial charge in [-0.3, -0.25) is 4.79 Å². The number of hydrogen-bond donors (Lipinski definition) is 1. The molecule has 0 radical (unpaired) electrons. The molecule has 1 saturated carbocycles. The molecule has 0 spiro atoms. The molecular weight excluding hydrogens is 336 g/mol. The Bertz CT molecular complexity index is 692. The normalized spacial score (nSPS) is 26.7. The van der Waals surface area contributed by atoms with Crippen LogP contribution in [0.25, 0.3) is 0 Å². The lowest BCUT2D eigenvalue weighted by Crippen LogP contribution is -2.34. The third-order valence-electron chi connectivity index (χ3n) is 5.03. The summed E-state index contributed by atoms with van der Waals surface area (Å²) in [5.74, 6) is 0.634. The second-order valence-electron chi connectivity index (χ2n) is 6.27. The molecular formula is C16H23ClN2O3S. The van der Waals surface area contributed by atoms with Crippen LogP contribution >= 0.6 is 12.4 Å². The van der Waals surface area contributed by atoms with Crippen LogP contribution in [0.1, 0.15) is 30.1 Å². The van der Waals surface area contributed by atoms with Crippen LogP contribution in [0.2, 0.25) is 0 Å². The minimum Gasteiger partial charge on any atom is -0.338 e. The van der Waals surface area contributed by atoms with E-state index in [0.717, 1.165) is 12.8 Å². The van der Waals surface area contributed by atoms with Crippen molar-refractivity contribution in [1.29, 1.82) is 0 Å². The topological polar surface area (TPSA) is 80.5 Å². The first kappa shape index (κ1) is 18.2. The van der Waals surface area contributed by atoms with Gasteiger partial charge in [0.1, 0.15) is 0 Å². The van der Waals surface area contributed by atoms with Crippen molar-refractivity contribution in [1.82, 2.24) is 4.90 Å². The molecule has 128 valence electrons. The molecule has 7 heteroatoms. The molecule has 2 N–H and O–H groups in total. The van der Waals surface area contributed by atoms with E-state index >= 15 is 0 Å². The predicted octanol–water partition coefficient (Wildman–Crippen LogP) is 1.71. The van der Waals surface area contributed by atoms with Crippen LogP contribution in [0, 0.1) is 11.8 Å². The van der Waals surface area contributed by atoms with Crippen LogP contribution in [0.3, 0.4) is 0 Å². The molecule has 2 fully saturated rings. The summed E-state index contributed by atoms with van der Waals surface area (Å²) in [6, 6.07) is 6.67. The maximum atomic E-state index is 12.8. The molecule has 5 nitrogen and oxygen atoms in total. The predicted molar refractivity (Wildman–Crippen MR) is 91.5 cm³/mol. The second-order valence-corrected chi connectivity index (χ2v) is 8.52. The highest BCUT2D eigenvalue weighted by atomic mass is 35.5. The zero-order valence-electron chi connectivity index (χ0n) is 13.1. The molecule has 1 aromatic carbocycles. The lowest BCUT2D eigenvalue weighted by Gasteiger charge is -2.20. The fourth-order valence-electron chi connectivity index (χ4n) is 3.71. The molecule has 1 aliphatic carbocycles. The Morgan fingerprint density at radius 1 is 1.26 bits per heavy atom. The summed E-state index contributed by atoms with van der Waals surface area (Å²) in [4.78, 5) is 14.7. The number of halogens is 1. The standard InChI is InChI=1S/C16H22N2O3S.ClH/c1-2-22(20,21)15-6-4-3-5-12(15)16(19)18-9-11-7-8-14(17)13(11)10-18;/h3-6,11,13-14H,2,7-10,17H2,1H3;1H. The molecule has 23 heavy (non-hydrogen) atoms. The van der Waals surface area contributed by atoms with E-state index in [0.29, 0.717) is 24.9 Å². The molecule has 1 amide bonds. The van der Waals surface area contributed by atoms with E-state index in [4.69, 9.17) is 5.73 Å². The highest BCUT2D eigenvalue weighted by Gasteiger charge is 2.43. The Morgan fingerprint density at radius 2 is 1.96 bits per heavy atom. The van der Waals surface area contributed by atoms with Gasteiger partial charge < -0.3 is 10.6 Å². The molecule has 1 saturated heterocycles. The number of amides is 1. The number of rotatable bonds is 3. The van der Waals surface area contributed by atoms with Crippen LogP contribution in [0.5, 0.6) is 0 Å². The average molecular weight is 359 g/mol. The van der Waals surface area contributed by atoms with Gasteiger partial charge in [-0.15, -0.1) is 12.4 Å². The number of carbonyl (C=O) groups is 1. The minimum atomic E-state index is -3.41. The van der Waals surface area contributed by atoms with Gasteiger partial charge >= 0.3 is 0 Å². The van der Waals surface area contributed by atoms with E-state index in [1.807, 2.05) is 0 Å². The van der Waals surface area contributed by atoms with Crippen LogP contribution in [-0.2, 0) is 9.84 Å². The number of carbonyl (C=O) groups excluding carboxylic acids is 1. The van der Waals surface area contributed by atoms with E-state index in [1.165, 1.54) is 6.07 Å². The summed E-state index contributed by atoms with van der Waals surface area (Å²) in [5, 5.41) is 0. The zero-order valence-corrected chi connectivity index (χ0v) is 14.8. The maximum Gasteiger partial charge on any atom is 0.255 e. The summed E-state index contributed by atoms with van der Waals surface area (Å²) in [7, 11) is -3.41. The molecule has 3 rings (SSSR count). The van der Waals surface area contributed by atoms with Crippen molar-refractivity contribution < 1.29 is 13.2 Å². The fourth-order valence-corrected chi connectivity index (χ4v) is 4.80. The first-order valence-corrected chi connectivity index (χ1v) is 9.46. The summed E-state index contributed by atoms with van der Waals surface area (Å²) < 4.78 is 24.4. The highest BCUT2D eigenvalue weighted by molar-refractivity contribution is 7.91. The van der Waals surface area contributed by atoms with Crippen molar-refractivity contribution in [2.45, 2.75) is 30.7 Å². The first-order chi connectivity index (χ1) is 10.4. The SMILES string of the molecule is CCS(=O)(=O)c1ccccc1C(=O)N1CC2CCC(N)C2C1.Cl. The Balaban J connectivity index is 0.00000192. The van der Waals surface area contributed by atoms with E-state index in [9.17, 15) is 13.2 Å².